The van der Waals surface area contributed by atoms with Crippen LogP contribution in [-0.2, 0) is 29.7 Å². The molecule has 0 saturated heterocycles. The summed E-state index contributed by atoms with van der Waals surface area (Å²) in [6.45, 7) is 1.15. The number of rotatable bonds is 15. The summed E-state index contributed by atoms with van der Waals surface area (Å²) in [6, 6.07) is 23.2. The van der Waals surface area contributed by atoms with Crippen molar-refractivity contribution in [2.75, 3.05) is 6.54 Å². The van der Waals surface area contributed by atoms with Crippen LogP contribution in [0.25, 0.3) is 0 Å². The summed E-state index contributed by atoms with van der Waals surface area (Å²) < 4.78 is 5.30. The molecule has 0 radical (unpaired) electrons. The molecule has 0 fully saturated rings. The fraction of sp³-hybridized carbons (Fsp3) is 0.323. The van der Waals surface area contributed by atoms with Gasteiger partial charge in [-0.2, -0.15) is 0 Å². The van der Waals surface area contributed by atoms with E-state index in [0.717, 1.165) is 22.5 Å². The lowest BCUT2D eigenvalue weighted by Crippen LogP contribution is -2.47. The van der Waals surface area contributed by atoms with Crippen molar-refractivity contribution in [3.63, 3.8) is 0 Å². The van der Waals surface area contributed by atoms with Gasteiger partial charge in [-0.1, -0.05) is 36.4 Å². The Bertz CT molecular complexity index is 1240. The molecule has 210 valence electrons. The highest BCUT2D eigenvalue weighted by molar-refractivity contribution is 7.11. The largest absolute Gasteiger partial charge is 0.415 e. The Labute approximate surface area is 240 Å². The molecule has 2 atom stereocenters. The molecule has 0 amide bonds. The number of esters is 1. The van der Waals surface area contributed by atoms with Gasteiger partial charge in [0.25, 0.3) is 0 Å². The van der Waals surface area contributed by atoms with Gasteiger partial charge in [0, 0.05) is 67.3 Å². The lowest BCUT2D eigenvalue weighted by molar-refractivity contribution is -0.134. The van der Waals surface area contributed by atoms with E-state index >= 15 is 0 Å². The van der Waals surface area contributed by atoms with Crippen LogP contribution in [0.2, 0.25) is 0 Å². The van der Waals surface area contributed by atoms with Gasteiger partial charge < -0.3 is 27.3 Å². The lowest BCUT2D eigenvalue weighted by atomic mass is 9.78. The van der Waals surface area contributed by atoms with Crippen LogP contribution >= 0.6 is 11.3 Å². The smallest absolute Gasteiger partial charge is 0.313 e. The third kappa shape index (κ3) is 9.32. The number of pyridine rings is 2. The monoisotopic (exact) mass is 558 g/mol. The predicted molar refractivity (Wildman–Crippen MR) is 160 cm³/mol. The van der Waals surface area contributed by atoms with E-state index in [1.165, 1.54) is 11.3 Å². The number of benzene rings is 1. The van der Waals surface area contributed by atoms with Gasteiger partial charge in [-0.15, -0.1) is 11.3 Å². The maximum absolute atomic E-state index is 12.0. The van der Waals surface area contributed by atoms with E-state index in [-0.39, 0.29) is 18.1 Å². The second-order valence-corrected chi connectivity index (χ2v) is 11.1. The molecular formula is C31H38N6O2S. The molecule has 2 unspecified atom stereocenters. The van der Waals surface area contributed by atoms with E-state index in [1.807, 2.05) is 47.8 Å². The second kappa shape index (κ2) is 14.8. The number of hydrogen-bond acceptors (Lipinski definition) is 9. The van der Waals surface area contributed by atoms with E-state index in [2.05, 4.69) is 39.6 Å². The Kier molecular flexibility index (Phi) is 10.9. The zero-order valence-electron chi connectivity index (χ0n) is 22.6. The fourth-order valence-electron chi connectivity index (χ4n) is 4.84. The number of aromatic nitrogens is 2. The number of nitrogens with zero attached hydrogens (tertiary/aromatic N) is 2. The van der Waals surface area contributed by atoms with E-state index in [0.29, 0.717) is 50.3 Å². The van der Waals surface area contributed by atoms with E-state index < -0.39 is 5.54 Å². The van der Waals surface area contributed by atoms with Gasteiger partial charge in [0.15, 0.2) is 5.06 Å². The van der Waals surface area contributed by atoms with Gasteiger partial charge >= 0.3 is 5.97 Å². The van der Waals surface area contributed by atoms with Crippen LogP contribution in [-0.4, -0.2) is 34.6 Å². The average molecular weight is 559 g/mol. The molecule has 0 aliphatic heterocycles. The number of carbonyl (C=O) groups excluding carboxylic acids is 1. The third-order valence-corrected chi connectivity index (χ3v) is 7.47. The summed E-state index contributed by atoms with van der Waals surface area (Å²) >= 11 is 1.40. The highest BCUT2D eigenvalue weighted by atomic mass is 32.1. The minimum Gasteiger partial charge on any atom is -0.415 e. The molecule has 3 aromatic heterocycles. The first kappa shape index (κ1) is 29.5. The quantitative estimate of drug-likeness (QED) is 0.128. The first-order valence-corrected chi connectivity index (χ1v) is 14.4. The van der Waals surface area contributed by atoms with Gasteiger partial charge in [-0.3, -0.25) is 14.8 Å². The van der Waals surface area contributed by atoms with Crippen LogP contribution in [0.4, 0.5) is 0 Å². The molecule has 1 aromatic carbocycles. The van der Waals surface area contributed by atoms with E-state index in [9.17, 15) is 4.79 Å². The van der Waals surface area contributed by atoms with Crippen molar-refractivity contribution in [2.24, 2.45) is 17.2 Å². The number of nitrogens with one attached hydrogen (secondary N) is 1. The van der Waals surface area contributed by atoms with Gasteiger partial charge in [0.2, 0.25) is 0 Å². The van der Waals surface area contributed by atoms with Crippen LogP contribution in [0.5, 0.6) is 5.06 Å². The van der Waals surface area contributed by atoms with Crippen LogP contribution in [0.1, 0.15) is 41.8 Å². The summed E-state index contributed by atoms with van der Waals surface area (Å²) in [4.78, 5) is 20.8. The maximum atomic E-state index is 12.0. The molecule has 4 aromatic rings. The topological polar surface area (TPSA) is 142 Å². The SMILES string of the molecule is NC(Cc1ccccn1)CC(N)(CC(N)Cc1ccccn1)c1ccc(CNCCC(=O)Oc2cccs2)cc1. The number of carbonyl (C=O) groups is 1. The Morgan fingerprint density at radius 2 is 1.50 bits per heavy atom. The Morgan fingerprint density at radius 3 is 2.02 bits per heavy atom. The van der Waals surface area contributed by atoms with Crippen LogP contribution < -0.4 is 27.3 Å². The van der Waals surface area contributed by atoms with Crippen LogP contribution in [0.15, 0.2) is 90.6 Å². The normalized spacial score (nSPS) is 14.3. The third-order valence-electron chi connectivity index (χ3n) is 6.72. The molecule has 4 rings (SSSR count). The summed E-state index contributed by atoms with van der Waals surface area (Å²) in [5, 5.41) is 5.80. The molecule has 3 heterocycles. The first-order valence-electron chi connectivity index (χ1n) is 13.5. The molecule has 8 nitrogen and oxygen atoms in total. The Hall–Kier alpha value is -3.47. The van der Waals surface area contributed by atoms with Crippen molar-refractivity contribution in [2.45, 2.75) is 56.3 Å². The predicted octanol–water partition coefficient (Wildman–Crippen LogP) is 3.70. The summed E-state index contributed by atoms with van der Waals surface area (Å²) in [7, 11) is 0. The molecule has 7 N–H and O–H groups in total. The summed E-state index contributed by atoms with van der Waals surface area (Å²) in [6.07, 6.45) is 6.23. The first-order chi connectivity index (χ1) is 19.4. The lowest BCUT2D eigenvalue weighted by Gasteiger charge is -2.35. The van der Waals surface area contributed by atoms with Gasteiger partial charge in [-0.05, 0) is 65.7 Å². The highest BCUT2D eigenvalue weighted by Crippen LogP contribution is 2.30. The number of hydrogen-bond donors (Lipinski definition) is 4. The molecule has 0 spiro atoms. The zero-order chi connectivity index (χ0) is 28.2. The molecule has 40 heavy (non-hydrogen) atoms. The van der Waals surface area contributed by atoms with E-state index in [4.69, 9.17) is 21.9 Å². The number of ether oxygens (including phenoxy) is 1. The molecule has 0 aliphatic rings. The number of nitrogens with two attached hydrogens (primary N) is 3. The molecule has 9 heteroatoms. The maximum Gasteiger partial charge on any atom is 0.313 e. The van der Waals surface area contributed by atoms with Gasteiger partial charge in [0.05, 0.1) is 6.42 Å². The Morgan fingerprint density at radius 1 is 0.875 bits per heavy atom. The minimum absolute atomic E-state index is 0.183. The van der Waals surface area contributed by atoms with Gasteiger partial charge in [-0.25, -0.2) is 0 Å². The van der Waals surface area contributed by atoms with Crippen molar-refractivity contribution in [3.8, 4) is 5.06 Å². The molecule has 0 bridgehead atoms. The molecule has 0 aliphatic carbocycles. The van der Waals surface area contributed by atoms with E-state index in [1.54, 1.807) is 18.5 Å². The van der Waals surface area contributed by atoms with Gasteiger partial charge in [0.1, 0.15) is 0 Å². The molecule has 0 saturated carbocycles. The van der Waals surface area contributed by atoms with Crippen molar-refractivity contribution in [1.29, 1.82) is 0 Å². The van der Waals surface area contributed by atoms with Crippen LogP contribution in [0, 0.1) is 0 Å². The highest BCUT2D eigenvalue weighted by Gasteiger charge is 2.32. The van der Waals surface area contributed by atoms with Crippen molar-refractivity contribution in [1.82, 2.24) is 15.3 Å². The standard InChI is InChI=1S/C31H38N6O2S/c32-25(18-27-6-1-3-14-36-27)20-31(34,21-26(33)19-28-7-2-4-15-37-28)24-11-9-23(10-12-24)22-35-16-13-29(38)39-30-8-5-17-40-30/h1-12,14-15,17,25-26,35H,13,16,18-22,32-34H2. The van der Waals surface area contributed by atoms with Crippen molar-refractivity contribution >= 4 is 17.3 Å². The molecular weight excluding hydrogens is 520 g/mol. The summed E-state index contributed by atoms with van der Waals surface area (Å²) in [5.74, 6) is -0.248. The zero-order valence-corrected chi connectivity index (χ0v) is 23.4. The van der Waals surface area contributed by atoms with Crippen molar-refractivity contribution in [3.05, 3.63) is 113 Å². The Balaban J connectivity index is 1.37. The minimum atomic E-state index is -0.722. The fourth-order valence-corrected chi connectivity index (χ4v) is 5.43. The summed E-state index contributed by atoms with van der Waals surface area (Å²) in [5.41, 5.74) is 23.6. The average Bonchev–Trinajstić information content (AvgIpc) is 3.45. The second-order valence-electron chi connectivity index (χ2n) is 10.2. The van der Waals surface area contributed by atoms with Crippen molar-refractivity contribution < 1.29 is 9.53 Å². The van der Waals surface area contributed by atoms with Crippen LogP contribution in [0.3, 0.4) is 0 Å². The number of thiophene rings is 1.